The monoisotopic (exact) mass is 344 g/mol. The predicted octanol–water partition coefficient (Wildman–Crippen LogP) is 4.91. The number of hydrogen-bond donors (Lipinski definition) is 0. The molecule has 2 fully saturated rings. The maximum atomic E-state index is 6.54. The van der Waals surface area contributed by atoms with Gasteiger partial charge in [-0.3, -0.25) is 4.98 Å². The third-order valence-electron chi connectivity index (χ3n) is 6.17. The van der Waals surface area contributed by atoms with Crippen LogP contribution in [0.2, 0.25) is 0 Å². The third-order valence-corrected chi connectivity index (χ3v) is 6.17. The summed E-state index contributed by atoms with van der Waals surface area (Å²) in [6.07, 6.45) is 7.10. The molecule has 2 aliphatic rings. The van der Waals surface area contributed by atoms with Gasteiger partial charge in [-0.15, -0.1) is 0 Å². The number of aromatic nitrogens is 1. The summed E-state index contributed by atoms with van der Waals surface area (Å²) in [5, 5.41) is 2.39. The van der Waals surface area contributed by atoms with Crippen LogP contribution in [0.25, 0.3) is 22.0 Å². The van der Waals surface area contributed by atoms with Crippen molar-refractivity contribution >= 4 is 10.8 Å². The smallest absolute Gasteiger partial charge is 0.127 e. The van der Waals surface area contributed by atoms with Crippen LogP contribution < -0.4 is 4.74 Å². The molecule has 0 saturated carbocycles. The molecule has 132 valence electrons. The number of pyridine rings is 1. The number of hydrogen-bond acceptors (Lipinski definition) is 3. The maximum Gasteiger partial charge on any atom is 0.127 e. The van der Waals surface area contributed by atoms with Crippen molar-refractivity contribution in [3.8, 4) is 17.0 Å². The summed E-state index contributed by atoms with van der Waals surface area (Å²) in [7, 11) is 2.27. The van der Waals surface area contributed by atoms with Crippen LogP contribution in [-0.4, -0.2) is 35.1 Å². The van der Waals surface area contributed by atoms with Gasteiger partial charge in [-0.1, -0.05) is 30.3 Å². The lowest BCUT2D eigenvalue weighted by atomic mass is 9.99. The largest absolute Gasteiger partial charge is 0.490 e. The lowest BCUT2D eigenvalue weighted by molar-refractivity contribution is 0.0671. The Morgan fingerprint density at radius 1 is 0.885 bits per heavy atom. The third kappa shape index (κ3) is 2.67. The van der Waals surface area contributed by atoms with Crippen LogP contribution in [0, 0.1) is 0 Å². The molecule has 1 aromatic heterocycles. The summed E-state index contributed by atoms with van der Waals surface area (Å²) in [5.41, 5.74) is 2.17. The van der Waals surface area contributed by atoms with Gasteiger partial charge in [0.25, 0.3) is 0 Å². The fourth-order valence-electron chi connectivity index (χ4n) is 4.76. The molecule has 0 N–H and O–H groups in total. The second kappa shape index (κ2) is 6.40. The maximum absolute atomic E-state index is 6.54. The zero-order valence-electron chi connectivity index (χ0n) is 15.1. The molecule has 5 rings (SSSR count). The van der Waals surface area contributed by atoms with Crippen molar-refractivity contribution in [3.63, 3.8) is 0 Å². The van der Waals surface area contributed by atoms with Gasteiger partial charge in [-0.2, -0.15) is 0 Å². The topological polar surface area (TPSA) is 25.4 Å². The van der Waals surface area contributed by atoms with Crippen LogP contribution in [-0.2, 0) is 0 Å². The molecular weight excluding hydrogens is 320 g/mol. The molecule has 2 bridgehead atoms. The lowest BCUT2D eigenvalue weighted by Crippen LogP contribution is -2.43. The van der Waals surface area contributed by atoms with Gasteiger partial charge >= 0.3 is 0 Å². The highest BCUT2D eigenvalue weighted by Gasteiger charge is 2.39. The average molecular weight is 344 g/mol. The minimum absolute atomic E-state index is 0.327. The molecule has 3 nitrogen and oxygen atoms in total. The van der Waals surface area contributed by atoms with E-state index in [0.717, 1.165) is 29.8 Å². The van der Waals surface area contributed by atoms with E-state index in [0.29, 0.717) is 18.2 Å². The summed E-state index contributed by atoms with van der Waals surface area (Å²) in [5.74, 6) is 1.01. The van der Waals surface area contributed by atoms with E-state index in [9.17, 15) is 0 Å². The Morgan fingerprint density at radius 3 is 2.35 bits per heavy atom. The van der Waals surface area contributed by atoms with Crippen LogP contribution >= 0.6 is 0 Å². The Kier molecular flexibility index (Phi) is 3.90. The van der Waals surface area contributed by atoms with E-state index in [4.69, 9.17) is 4.74 Å². The molecule has 0 spiro atoms. The Balaban J connectivity index is 1.50. The van der Waals surface area contributed by atoms with Crippen molar-refractivity contribution in [2.45, 2.75) is 43.9 Å². The zero-order valence-corrected chi connectivity index (χ0v) is 15.1. The van der Waals surface area contributed by atoms with Gasteiger partial charge < -0.3 is 9.64 Å². The summed E-state index contributed by atoms with van der Waals surface area (Å²) < 4.78 is 6.54. The number of benzene rings is 2. The average Bonchev–Trinajstić information content (AvgIpc) is 2.90. The van der Waals surface area contributed by atoms with Gasteiger partial charge in [0.05, 0.1) is 5.69 Å². The lowest BCUT2D eigenvalue weighted by Gasteiger charge is -2.36. The van der Waals surface area contributed by atoms with Gasteiger partial charge in [0, 0.05) is 29.2 Å². The van der Waals surface area contributed by atoms with Gasteiger partial charge in [0.15, 0.2) is 0 Å². The number of piperidine rings is 1. The minimum atomic E-state index is 0.327. The number of fused-ring (bicyclic) bond motifs is 3. The van der Waals surface area contributed by atoms with Crippen LogP contribution in [0.4, 0.5) is 0 Å². The van der Waals surface area contributed by atoms with E-state index in [2.05, 4.69) is 59.4 Å². The number of nitrogens with zero attached hydrogens (tertiary/aromatic N) is 2. The van der Waals surface area contributed by atoms with E-state index < -0.39 is 0 Å². The molecule has 3 aromatic rings. The van der Waals surface area contributed by atoms with Gasteiger partial charge in [-0.25, -0.2) is 0 Å². The summed E-state index contributed by atoms with van der Waals surface area (Å²) in [6, 6.07) is 20.3. The molecule has 2 saturated heterocycles. The van der Waals surface area contributed by atoms with Crippen LogP contribution in [0.5, 0.6) is 5.75 Å². The summed E-state index contributed by atoms with van der Waals surface area (Å²) in [6.45, 7) is 0. The minimum Gasteiger partial charge on any atom is -0.490 e. The van der Waals surface area contributed by atoms with Crippen molar-refractivity contribution in [2.75, 3.05) is 7.05 Å². The summed E-state index contributed by atoms with van der Waals surface area (Å²) >= 11 is 0. The highest BCUT2D eigenvalue weighted by atomic mass is 16.5. The first-order chi connectivity index (χ1) is 12.8. The molecule has 0 radical (unpaired) electrons. The molecular formula is C23H24N2O. The first kappa shape index (κ1) is 15.8. The van der Waals surface area contributed by atoms with Crippen LogP contribution in [0.3, 0.4) is 0 Å². The van der Waals surface area contributed by atoms with Crippen LogP contribution in [0.15, 0.2) is 60.8 Å². The van der Waals surface area contributed by atoms with Crippen molar-refractivity contribution in [2.24, 2.45) is 0 Å². The Labute approximate surface area is 154 Å². The van der Waals surface area contributed by atoms with Crippen molar-refractivity contribution in [1.82, 2.24) is 9.88 Å². The van der Waals surface area contributed by atoms with E-state index in [1.54, 1.807) is 0 Å². The molecule has 3 heterocycles. The fourth-order valence-corrected chi connectivity index (χ4v) is 4.76. The zero-order chi connectivity index (χ0) is 17.5. The SMILES string of the molecule is CN1C2CCC1CC(Oc1ccc(-c3ccccn3)c3ccccc13)C2. The normalized spacial score (nSPS) is 25.5. The van der Waals surface area contributed by atoms with E-state index in [-0.39, 0.29) is 0 Å². The quantitative estimate of drug-likeness (QED) is 0.675. The van der Waals surface area contributed by atoms with Gasteiger partial charge in [-0.05, 0) is 62.4 Å². The molecule has 26 heavy (non-hydrogen) atoms. The van der Waals surface area contributed by atoms with Gasteiger partial charge in [0.2, 0.25) is 0 Å². The van der Waals surface area contributed by atoms with Gasteiger partial charge in [0.1, 0.15) is 11.9 Å². The van der Waals surface area contributed by atoms with Crippen LogP contribution in [0.1, 0.15) is 25.7 Å². The first-order valence-corrected chi connectivity index (χ1v) is 9.61. The Hall–Kier alpha value is -2.39. The van der Waals surface area contributed by atoms with E-state index in [1.807, 2.05) is 18.3 Å². The highest BCUT2D eigenvalue weighted by Crippen LogP contribution is 2.38. The summed E-state index contributed by atoms with van der Waals surface area (Å²) in [4.78, 5) is 7.09. The second-order valence-corrected chi connectivity index (χ2v) is 7.63. The molecule has 0 aliphatic carbocycles. The van der Waals surface area contributed by atoms with Crippen molar-refractivity contribution < 1.29 is 4.74 Å². The highest BCUT2D eigenvalue weighted by molar-refractivity contribution is 5.99. The van der Waals surface area contributed by atoms with E-state index >= 15 is 0 Å². The first-order valence-electron chi connectivity index (χ1n) is 9.61. The molecule has 2 aromatic carbocycles. The second-order valence-electron chi connectivity index (χ2n) is 7.63. The van der Waals surface area contributed by atoms with Crippen molar-refractivity contribution in [3.05, 3.63) is 60.8 Å². The fraction of sp³-hybridized carbons (Fsp3) is 0.348. The number of ether oxygens (including phenoxy) is 1. The Bertz CT molecular complexity index is 910. The number of rotatable bonds is 3. The standard InChI is InChI=1S/C23H24N2O/c1-25-16-9-10-17(25)15-18(14-16)26-23-12-11-20(22-8-4-5-13-24-22)19-6-2-3-7-21(19)23/h2-8,11-13,16-18H,9-10,14-15H2,1H3. The molecule has 0 amide bonds. The molecule has 2 atom stereocenters. The predicted molar refractivity (Wildman–Crippen MR) is 105 cm³/mol. The van der Waals surface area contributed by atoms with E-state index in [1.165, 1.54) is 23.6 Å². The molecule has 2 aliphatic heterocycles. The Morgan fingerprint density at radius 2 is 1.62 bits per heavy atom. The molecule has 2 unspecified atom stereocenters. The molecule has 3 heteroatoms. The van der Waals surface area contributed by atoms with Crippen molar-refractivity contribution in [1.29, 1.82) is 0 Å².